The standard InChI is InChI=1S/C59H94O6/c1-4-7-10-13-16-19-22-25-27-28-29-30-32-34-37-40-43-46-49-52-58(61)64-55-56(54-63-57(60)51-48-45-42-39-36-33-24-21-18-15-12-9-6-3)65-59(62)53-50-47-44-41-38-35-31-26-23-20-17-14-11-8-5-2/h7-8,10-11,16-17,19-20,25-27,29-31,34,37-38,41,43,46,56H,4-6,9,12-15,18,21-24,28,32-33,35-36,39-40,42,44-45,47-55H2,1-3H3/b10-7-,11-8-,19-16-,20-17-,27-25-,30-29-,31-26-,37-34-,41-38-,46-43-/t56-/m1/s1. The van der Waals surface area contributed by atoms with E-state index in [2.05, 4.69) is 130 Å². The summed E-state index contributed by atoms with van der Waals surface area (Å²) in [7, 11) is 0. The molecule has 0 rings (SSSR count). The Morgan fingerprint density at radius 3 is 1.03 bits per heavy atom. The summed E-state index contributed by atoms with van der Waals surface area (Å²) in [6.45, 7) is 6.29. The van der Waals surface area contributed by atoms with E-state index in [9.17, 15) is 14.4 Å². The summed E-state index contributed by atoms with van der Waals surface area (Å²) < 4.78 is 16.7. The van der Waals surface area contributed by atoms with Crippen molar-refractivity contribution in [1.29, 1.82) is 0 Å². The molecular weight excluding hydrogens is 805 g/mol. The van der Waals surface area contributed by atoms with Crippen LogP contribution in [0.1, 0.15) is 213 Å². The highest BCUT2D eigenvalue weighted by molar-refractivity contribution is 5.71. The smallest absolute Gasteiger partial charge is 0.306 e. The Morgan fingerprint density at radius 2 is 0.631 bits per heavy atom. The third-order valence-corrected chi connectivity index (χ3v) is 10.5. The van der Waals surface area contributed by atoms with E-state index < -0.39 is 6.10 Å². The Kier molecular flexibility index (Phi) is 49.1. The number of hydrogen-bond donors (Lipinski definition) is 0. The molecule has 0 aliphatic rings. The van der Waals surface area contributed by atoms with Gasteiger partial charge < -0.3 is 14.2 Å². The highest BCUT2D eigenvalue weighted by Gasteiger charge is 2.19. The van der Waals surface area contributed by atoms with Crippen LogP contribution in [0.25, 0.3) is 0 Å². The van der Waals surface area contributed by atoms with Crippen LogP contribution < -0.4 is 0 Å². The van der Waals surface area contributed by atoms with Gasteiger partial charge >= 0.3 is 17.9 Å². The molecule has 0 radical (unpaired) electrons. The summed E-state index contributed by atoms with van der Waals surface area (Å²) in [6.07, 6.45) is 72.0. The first-order valence-electron chi connectivity index (χ1n) is 26.0. The van der Waals surface area contributed by atoms with Gasteiger partial charge in [-0.2, -0.15) is 0 Å². The molecular formula is C59H94O6. The second-order valence-corrected chi connectivity index (χ2v) is 16.7. The van der Waals surface area contributed by atoms with Crippen LogP contribution in [0.3, 0.4) is 0 Å². The van der Waals surface area contributed by atoms with Gasteiger partial charge in [-0.3, -0.25) is 14.4 Å². The average Bonchev–Trinajstić information content (AvgIpc) is 3.30. The molecule has 0 aliphatic carbocycles. The topological polar surface area (TPSA) is 78.9 Å². The fraction of sp³-hybridized carbons (Fsp3) is 0.610. The highest BCUT2D eigenvalue weighted by atomic mass is 16.6. The fourth-order valence-electron chi connectivity index (χ4n) is 6.63. The second-order valence-electron chi connectivity index (χ2n) is 16.7. The normalized spacial score (nSPS) is 13.1. The van der Waals surface area contributed by atoms with Crippen molar-refractivity contribution >= 4 is 17.9 Å². The lowest BCUT2D eigenvalue weighted by atomic mass is 10.0. The molecule has 0 bridgehead atoms. The number of rotatable bonds is 45. The van der Waals surface area contributed by atoms with Gasteiger partial charge in [-0.1, -0.05) is 219 Å². The van der Waals surface area contributed by atoms with Gasteiger partial charge in [-0.25, -0.2) is 0 Å². The van der Waals surface area contributed by atoms with Gasteiger partial charge in [0, 0.05) is 19.3 Å². The maximum Gasteiger partial charge on any atom is 0.306 e. The largest absolute Gasteiger partial charge is 0.462 e. The van der Waals surface area contributed by atoms with Crippen LogP contribution in [0.15, 0.2) is 122 Å². The van der Waals surface area contributed by atoms with Crippen LogP contribution in [-0.4, -0.2) is 37.2 Å². The van der Waals surface area contributed by atoms with Gasteiger partial charge in [0.2, 0.25) is 0 Å². The molecule has 0 spiro atoms. The molecule has 0 heterocycles. The number of esters is 3. The molecule has 0 saturated carbocycles. The molecule has 0 aliphatic heterocycles. The van der Waals surface area contributed by atoms with Crippen LogP contribution in [0.5, 0.6) is 0 Å². The van der Waals surface area contributed by atoms with Gasteiger partial charge in [0.1, 0.15) is 13.2 Å². The molecule has 6 nitrogen and oxygen atoms in total. The van der Waals surface area contributed by atoms with Crippen LogP contribution in [0, 0.1) is 0 Å². The summed E-state index contributed by atoms with van der Waals surface area (Å²) in [6, 6.07) is 0. The molecule has 0 saturated heterocycles. The van der Waals surface area contributed by atoms with E-state index in [1.165, 1.54) is 64.2 Å². The Balaban J connectivity index is 4.58. The lowest BCUT2D eigenvalue weighted by Crippen LogP contribution is -2.30. The first-order valence-corrected chi connectivity index (χ1v) is 26.0. The summed E-state index contributed by atoms with van der Waals surface area (Å²) in [5.41, 5.74) is 0. The maximum atomic E-state index is 12.8. The van der Waals surface area contributed by atoms with Crippen LogP contribution in [0.2, 0.25) is 0 Å². The summed E-state index contributed by atoms with van der Waals surface area (Å²) >= 11 is 0. The minimum atomic E-state index is -0.831. The summed E-state index contributed by atoms with van der Waals surface area (Å²) in [4.78, 5) is 38.0. The van der Waals surface area contributed by atoms with Gasteiger partial charge in [-0.05, 0) is 96.3 Å². The van der Waals surface area contributed by atoms with Crippen molar-refractivity contribution in [3.05, 3.63) is 122 Å². The Morgan fingerprint density at radius 1 is 0.323 bits per heavy atom. The number of carbonyl (C=O) groups excluding carboxylic acids is 3. The second kappa shape index (κ2) is 52.4. The zero-order chi connectivity index (χ0) is 47.2. The zero-order valence-corrected chi connectivity index (χ0v) is 41.7. The molecule has 0 amide bonds. The van der Waals surface area contributed by atoms with E-state index in [0.717, 1.165) is 96.3 Å². The van der Waals surface area contributed by atoms with Gasteiger partial charge in [0.05, 0.1) is 0 Å². The van der Waals surface area contributed by atoms with Crippen molar-refractivity contribution in [2.24, 2.45) is 0 Å². The Bertz CT molecular complexity index is 1400. The molecule has 0 fully saturated rings. The maximum absolute atomic E-state index is 12.8. The summed E-state index contributed by atoms with van der Waals surface area (Å²) in [5.74, 6) is -1.06. The number of hydrogen-bond acceptors (Lipinski definition) is 6. The van der Waals surface area contributed by atoms with Gasteiger partial charge in [-0.15, -0.1) is 0 Å². The first kappa shape index (κ1) is 60.8. The Labute approximate surface area is 399 Å². The minimum Gasteiger partial charge on any atom is -0.462 e. The van der Waals surface area contributed by atoms with E-state index in [4.69, 9.17) is 14.2 Å². The van der Waals surface area contributed by atoms with E-state index in [1.54, 1.807) is 0 Å². The quantitative estimate of drug-likeness (QED) is 0.0262. The van der Waals surface area contributed by atoms with E-state index >= 15 is 0 Å². The van der Waals surface area contributed by atoms with Crippen molar-refractivity contribution in [2.75, 3.05) is 13.2 Å². The number of unbranched alkanes of at least 4 members (excludes halogenated alkanes) is 14. The van der Waals surface area contributed by atoms with Crippen molar-refractivity contribution < 1.29 is 28.6 Å². The van der Waals surface area contributed by atoms with Crippen molar-refractivity contribution in [2.45, 2.75) is 219 Å². The predicted octanol–water partition coefficient (Wildman–Crippen LogP) is 17.3. The average molecular weight is 899 g/mol. The molecule has 65 heavy (non-hydrogen) atoms. The SMILES string of the molecule is CC/C=C\C/C=C\C/C=C\C/C=C\C/C=C\C/C=C\CCC(=O)OC[C@@H](COC(=O)CCCCCCCCCCCCCCC)OC(=O)CCCC/C=C\C/C=C\C/C=C\C/C=C\CC. The van der Waals surface area contributed by atoms with E-state index in [0.29, 0.717) is 19.3 Å². The van der Waals surface area contributed by atoms with Gasteiger partial charge in [0.15, 0.2) is 6.10 Å². The predicted molar refractivity (Wildman–Crippen MR) is 279 cm³/mol. The highest BCUT2D eigenvalue weighted by Crippen LogP contribution is 2.14. The monoisotopic (exact) mass is 899 g/mol. The molecule has 0 aromatic rings. The molecule has 366 valence electrons. The van der Waals surface area contributed by atoms with Crippen LogP contribution in [-0.2, 0) is 28.6 Å². The first-order chi connectivity index (χ1) is 32.0. The molecule has 6 heteroatoms. The van der Waals surface area contributed by atoms with Crippen LogP contribution in [0.4, 0.5) is 0 Å². The van der Waals surface area contributed by atoms with Crippen molar-refractivity contribution in [3.8, 4) is 0 Å². The zero-order valence-electron chi connectivity index (χ0n) is 41.7. The molecule has 0 N–H and O–H groups in total. The molecule has 0 aromatic heterocycles. The number of ether oxygens (including phenoxy) is 3. The summed E-state index contributed by atoms with van der Waals surface area (Å²) in [5, 5.41) is 0. The third kappa shape index (κ3) is 50.7. The van der Waals surface area contributed by atoms with Crippen molar-refractivity contribution in [3.63, 3.8) is 0 Å². The third-order valence-electron chi connectivity index (χ3n) is 10.5. The lowest BCUT2D eigenvalue weighted by Gasteiger charge is -2.18. The van der Waals surface area contributed by atoms with E-state index in [-0.39, 0.29) is 44.0 Å². The molecule has 1 atom stereocenters. The fourth-order valence-corrected chi connectivity index (χ4v) is 6.63. The Hall–Kier alpha value is -4.19. The van der Waals surface area contributed by atoms with Crippen molar-refractivity contribution in [1.82, 2.24) is 0 Å². The molecule has 0 aromatic carbocycles. The molecule has 0 unspecified atom stereocenters. The van der Waals surface area contributed by atoms with Crippen LogP contribution >= 0.6 is 0 Å². The number of allylic oxidation sites excluding steroid dienone is 20. The van der Waals surface area contributed by atoms with Gasteiger partial charge in [0.25, 0.3) is 0 Å². The number of carbonyl (C=O) groups is 3. The lowest BCUT2D eigenvalue weighted by molar-refractivity contribution is -0.166. The minimum absolute atomic E-state index is 0.120. The van der Waals surface area contributed by atoms with E-state index in [1.807, 2.05) is 12.2 Å².